The summed E-state index contributed by atoms with van der Waals surface area (Å²) in [5, 5.41) is 7.56. The molecule has 0 atom stereocenters. The van der Waals surface area contributed by atoms with E-state index < -0.39 is 0 Å². The van der Waals surface area contributed by atoms with E-state index >= 15 is 0 Å². The average molecular weight is 397 g/mol. The van der Waals surface area contributed by atoms with E-state index in [0.717, 1.165) is 25.9 Å². The van der Waals surface area contributed by atoms with Crippen LogP contribution in [0.4, 0.5) is 5.13 Å². The van der Waals surface area contributed by atoms with Crippen LogP contribution in [0.3, 0.4) is 0 Å². The molecule has 4 rings (SSSR count). The van der Waals surface area contributed by atoms with Crippen molar-refractivity contribution in [1.29, 1.82) is 0 Å². The highest BCUT2D eigenvalue weighted by atomic mass is 35.5. The van der Waals surface area contributed by atoms with Crippen LogP contribution in [-0.4, -0.2) is 29.0 Å². The Balaban J connectivity index is 0.00000182. The lowest BCUT2D eigenvalue weighted by Gasteiger charge is -2.20. The number of nitrogens with zero attached hydrogens (tertiary/aromatic N) is 2. The minimum Gasteiger partial charge on any atom is -0.462 e. The van der Waals surface area contributed by atoms with Gasteiger partial charge in [-0.3, -0.25) is 10.1 Å². The molecular weight excluding hydrogens is 380 g/mol. The fourth-order valence-corrected chi connectivity index (χ4v) is 4.45. The van der Waals surface area contributed by atoms with Crippen molar-refractivity contribution in [2.45, 2.75) is 18.8 Å². The molecule has 25 heavy (non-hydrogen) atoms. The maximum atomic E-state index is 12.4. The van der Waals surface area contributed by atoms with E-state index in [2.05, 4.69) is 20.6 Å². The van der Waals surface area contributed by atoms with Crippen molar-refractivity contribution in [1.82, 2.24) is 15.3 Å². The fraction of sp³-hybridized carbons (Fsp3) is 0.312. The lowest BCUT2D eigenvalue weighted by atomic mass is 9.97. The second-order valence-corrected chi connectivity index (χ2v) is 7.65. The van der Waals surface area contributed by atoms with Crippen molar-refractivity contribution in [3.63, 3.8) is 0 Å². The molecule has 1 aliphatic rings. The summed E-state index contributed by atoms with van der Waals surface area (Å²) >= 11 is 2.87. The summed E-state index contributed by atoms with van der Waals surface area (Å²) in [4.78, 5) is 22.7. The summed E-state index contributed by atoms with van der Waals surface area (Å²) in [7, 11) is 0. The number of rotatable bonds is 4. The number of aromatic nitrogens is 2. The molecule has 6 nitrogen and oxygen atoms in total. The van der Waals surface area contributed by atoms with Crippen LogP contribution in [0.1, 0.15) is 33.3 Å². The lowest BCUT2D eigenvalue weighted by molar-refractivity contribution is 0.103. The van der Waals surface area contributed by atoms with Gasteiger partial charge in [-0.1, -0.05) is 0 Å². The van der Waals surface area contributed by atoms with Crippen molar-refractivity contribution in [3.05, 3.63) is 40.5 Å². The van der Waals surface area contributed by atoms with Crippen LogP contribution >= 0.6 is 35.1 Å². The number of thiazole rings is 2. The van der Waals surface area contributed by atoms with E-state index in [0.29, 0.717) is 26.7 Å². The summed E-state index contributed by atoms with van der Waals surface area (Å²) in [5.41, 5.74) is 0. The quantitative estimate of drug-likeness (QED) is 0.696. The molecule has 132 valence electrons. The normalized spacial score (nSPS) is 14.9. The second kappa shape index (κ2) is 8.09. The number of nitrogens with one attached hydrogen (secondary N) is 2. The molecule has 0 spiro atoms. The van der Waals surface area contributed by atoms with Crippen molar-refractivity contribution < 1.29 is 9.21 Å². The number of anilines is 1. The van der Waals surface area contributed by atoms with Crippen LogP contribution in [0, 0.1) is 0 Å². The Morgan fingerprint density at radius 2 is 2.08 bits per heavy atom. The van der Waals surface area contributed by atoms with Gasteiger partial charge in [0.1, 0.15) is 4.88 Å². The molecule has 3 aromatic heterocycles. The van der Waals surface area contributed by atoms with Crippen LogP contribution in [0.5, 0.6) is 0 Å². The molecule has 2 N–H and O–H groups in total. The van der Waals surface area contributed by atoms with Gasteiger partial charge in [-0.25, -0.2) is 9.97 Å². The van der Waals surface area contributed by atoms with Crippen LogP contribution in [0.25, 0.3) is 10.8 Å². The van der Waals surface area contributed by atoms with Gasteiger partial charge >= 0.3 is 0 Å². The number of piperidine rings is 1. The monoisotopic (exact) mass is 396 g/mol. The Morgan fingerprint density at radius 1 is 1.24 bits per heavy atom. The number of furan rings is 1. The van der Waals surface area contributed by atoms with Gasteiger partial charge in [0.05, 0.1) is 12.5 Å². The minimum atomic E-state index is -0.184. The summed E-state index contributed by atoms with van der Waals surface area (Å²) < 4.78 is 5.30. The Bertz CT molecular complexity index is 825. The highest BCUT2D eigenvalue weighted by molar-refractivity contribution is 7.17. The topological polar surface area (TPSA) is 80.0 Å². The third-order valence-electron chi connectivity index (χ3n) is 3.95. The molecule has 1 saturated heterocycles. The number of hydrogen-bond donors (Lipinski definition) is 2. The van der Waals surface area contributed by atoms with Crippen LogP contribution < -0.4 is 10.6 Å². The average Bonchev–Trinajstić information content (AvgIpc) is 3.36. The zero-order valence-corrected chi connectivity index (χ0v) is 15.7. The molecule has 0 unspecified atom stereocenters. The number of carbonyl (C=O) groups is 1. The first-order valence-electron chi connectivity index (χ1n) is 7.77. The van der Waals surface area contributed by atoms with E-state index in [9.17, 15) is 4.79 Å². The first-order valence-corrected chi connectivity index (χ1v) is 9.40. The van der Waals surface area contributed by atoms with Gasteiger partial charge in [-0.2, -0.15) is 0 Å². The third-order valence-corrected chi connectivity index (χ3v) is 6.03. The third kappa shape index (κ3) is 4.09. The Hall–Kier alpha value is -1.74. The van der Waals surface area contributed by atoms with Gasteiger partial charge in [0, 0.05) is 11.1 Å². The van der Waals surface area contributed by atoms with E-state index in [-0.39, 0.29) is 18.3 Å². The maximum Gasteiger partial charge on any atom is 0.269 e. The van der Waals surface area contributed by atoms with Gasteiger partial charge in [0.2, 0.25) is 0 Å². The summed E-state index contributed by atoms with van der Waals surface area (Å²) in [6.07, 6.45) is 7.29. The molecule has 0 saturated carbocycles. The molecule has 4 heterocycles. The maximum absolute atomic E-state index is 12.4. The molecule has 1 fully saturated rings. The van der Waals surface area contributed by atoms with Gasteiger partial charge in [-0.05, 0) is 44.0 Å². The van der Waals surface area contributed by atoms with Crippen molar-refractivity contribution >= 4 is 46.1 Å². The Labute approximate surface area is 159 Å². The van der Waals surface area contributed by atoms with Gasteiger partial charge in [0.15, 0.2) is 15.9 Å². The first kappa shape index (κ1) is 18.1. The molecule has 3 aromatic rings. The van der Waals surface area contributed by atoms with E-state index in [1.165, 1.54) is 16.2 Å². The number of hydrogen-bond acceptors (Lipinski definition) is 7. The van der Waals surface area contributed by atoms with Gasteiger partial charge < -0.3 is 9.73 Å². The lowest BCUT2D eigenvalue weighted by Crippen LogP contribution is -2.26. The molecule has 9 heteroatoms. The Morgan fingerprint density at radius 3 is 2.84 bits per heavy atom. The molecule has 1 aliphatic heterocycles. The van der Waals surface area contributed by atoms with Crippen LogP contribution in [0.2, 0.25) is 0 Å². The molecule has 0 radical (unpaired) electrons. The smallest absolute Gasteiger partial charge is 0.269 e. The number of carbonyl (C=O) groups excluding carboxylic acids is 1. The molecule has 1 amide bonds. The molecule has 0 aliphatic carbocycles. The minimum absolute atomic E-state index is 0. The van der Waals surface area contributed by atoms with Gasteiger partial charge in [0.25, 0.3) is 5.91 Å². The molecular formula is C16H17ClN4O2S2. The molecule has 0 aromatic carbocycles. The van der Waals surface area contributed by atoms with E-state index in [4.69, 9.17) is 4.42 Å². The van der Waals surface area contributed by atoms with Crippen molar-refractivity contribution in [2.24, 2.45) is 0 Å². The van der Waals surface area contributed by atoms with Crippen LogP contribution in [0.15, 0.2) is 35.2 Å². The molecule has 0 bridgehead atoms. The predicted molar refractivity (Wildman–Crippen MR) is 102 cm³/mol. The fourth-order valence-electron chi connectivity index (χ4n) is 2.69. The predicted octanol–water partition coefficient (Wildman–Crippen LogP) is 4.00. The van der Waals surface area contributed by atoms with Crippen molar-refractivity contribution in [2.75, 3.05) is 18.4 Å². The number of amides is 1. The summed E-state index contributed by atoms with van der Waals surface area (Å²) in [6, 6.07) is 3.63. The number of halogens is 1. The van der Waals surface area contributed by atoms with Gasteiger partial charge in [-0.15, -0.1) is 35.1 Å². The standard InChI is InChI=1S/C16H16N4O2S2.ClH/c21-14(13-9-18-15(23-13)11-2-1-7-22-11)20-16-19-8-12(24-16)10-3-5-17-6-4-10;/h1-2,7-10,17H,3-6H2,(H,19,20,21);1H. The first-order chi connectivity index (χ1) is 11.8. The van der Waals surface area contributed by atoms with Crippen molar-refractivity contribution in [3.8, 4) is 10.8 Å². The van der Waals surface area contributed by atoms with E-state index in [1.54, 1.807) is 29.9 Å². The second-order valence-electron chi connectivity index (χ2n) is 5.55. The Kier molecular flexibility index (Phi) is 5.85. The van der Waals surface area contributed by atoms with E-state index in [1.807, 2.05) is 12.3 Å². The van der Waals surface area contributed by atoms with Crippen LogP contribution in [-0.2, 0) is 0 Å². The largest absolute Gasteiger partial charge is 0.462 e. The highest BCUT2D eigenvalue weighted by Crippen LogP contribution is 2.32. The zero-order valence-electron chi connectivity index (χ0n) is 13.2. The SMILES string of the molecule is Cl.O=C(Nc1ncc(C2CCNCC2)s1)c1cnc(-c2ccco2)s1. The summed E-state index contributed by atoms with van der Waals surface area (Å²) in [6.45, 7) is 2.08. The summed E-state index contributed by atoms with van der Waals surface area (Å²) in [5.74, 6) is 1.03. The highest BCUT2D eigenvalue weighted by Gasteiger charge is 2.19. The zero-order chi connectivity index (χ0) is 16.4.